The molecule has 1 fully saturated rings. The molecule has 1 heterocycles. The van der Waals surface area contributed by atoms with Crippen molar-refractivity contribution in [3.8, 4) is 17.2 Å². The third kappa shape index (κ3) is 4.98. The Hall–Kier alpha value is -2.02. The molecular weight excluding hydrogens is 338 g/mol. The van der Waals surface area contributed by atoms with Crippen LogP contribution < -0.4 is 10.1 Å². The van der Waals surface area contributed by atoms with Gasteiger partial charge in [0.1, 0.15) is 5.75 Å². The Bertz CT molecular complexity index is 698. The standard InChI is InChI=1S/C18H23N3O3S/c1-23-15-10-6-5-9-14(15)17-20-21-18(24-17)25-12-16(22)19-11-13-7-3-2-4-8-13/h5-6,9-10,13H,2-4,7-8,11-12H2,1H3,(H,19,22). The minimum Gasteiger partial charge on any atom is -0.496 e. The van der Waals surface area contributed by atoms with Crippen LogP contribution in [0.2, 0.25) is 0 Å². The summed E-state index contributed by atoms with van der Waals surface area (Å²) in [5, 5.41) is 11.4. The number of carbonyl (C=O) groups excluding carboxylic acids is 1. The average Bonchev–Trinajstić information content (AvgIpc) is 3.14. The number of benzene rings is 1. The molecule has 7 heteroatoms. The first-order chi connectivity index (χ1) is 12.3. The number of ether oxygens (including phenoxy) is 1. The van der Waals surface area contributed by atoms with Crippen molar-refractivity contribution in [3.05, 3.63) is 24.3 Å². The molecule has 2 aromatic rings. The first-order valence-corrected chi connectivity index (χ1v) is 9.61. The van der Waals surface area contributed by atoms with E-state index in [0.29, 0.717) is 22.8 Å². The van der Waals surface area contributed by atoms with Crippen molar-refractivity contribution in [2.45, 2.75) is 37.3 Å². The van der Waals surface area contributed by atoms with Gasteiger partial charge in [-0.25, -0.2) is 0 Å². The lowest BCUT2D eigenvalue weighted by Gasteiger charge is -2.21. The predicted octanol–water partition coefficient (Wildman–Crippen LogP) is 3.53. The van der Waals surface area contributed by atoms with Crippen LogP contribution in [-0.2, 0) is 4.79 Å². The molecule has 1 saturated carbocycles. The van der Waals surface area contributed by atoms with Crippen LogP contribution in [0.1, 0.15) is 32.1 Å². The topological polar surface area (TPSA) is 77.2 Å². The summed E-state index contributed by atoms with van der Waals surface area (Å²) < 4.78 is 10.9. The van der Waals surface area contributed by atoms with E-state index in [-0.39, 0.29) is 11.7 Å². The Morgan fingerprint density at radius 1 is 1.28 bits per heavy atom. The first-order valence-electron chi connectivity index (χ1n) is 8.62. The van der Waals surface area contributed by atoms with Crippen LogP contribution in [-0.4, -0.2) is 35.5 Å². The van der Waals surface area contributed by atoms with Crippen LogP contribution in [0.15, 0.2) is 33.9 Å². The molecule has 25 heavy (non-hydrogen) atoms. The number of nitrogens with zero attached hydrogens (tertiary/aromatic N) is 2. The molecule has 0 aliphatic heterocycles. The van der Waals surface area contributed by atoms with Gasteiger partial charge < -0.3 is 14.5 Å². The number of hydrogen-bond donors (Lipinski definition) is 1. The van der Waals surface area contributed by atoms with Crippen molar-refractivity contribution >= 4 is 17.7 Å². The Balaban J connectivity index is 1.49. The Morgan fingerprint density at radius 2 is 2.08 bits per heavy atom. The van der Waals surface area contributed by atoms with Gasteiger partial charge in [0.15, 0.2) is 0 Å². The SMILES string of the molecule is COc1ccccc1-c1nnc(SCC(=O)NCC2CCCCC2)o1. The highest BCUT2D eigenvalue weighted by atomic mass is 32.2. The van der Waals surface area contributed by atoms with E-state index in [9.17, 15) is 4.79 Å². The molecule has 0 spiro atoms. The van der Waals surface area contributed by atoms with Gasteiger partial charge in [-0.1, -0.05) is 43.2 Å². The van der Waals surface area contributed by atoms with Crippen LogP contribution in [0, 0.1) is 5.92 Å². The fraction of sp³-hybridized carbons (Fsp3) is 0.500. The summed E-state index contributed by atoms with van der Waals surface area (Å²) in [4.78, 5) is 12.0. The number of rotatable bonds is 7. The highest BCUT2D eigenvalue weighted by Crippen LogP contribution is 2.30. The molecule has 0 radical (unpaired) electrons. The maximum Gasteiger partial charge on any atom is 0.277 e. The predicted molar refractivity (Wildman–Crippen MR) is 96.6 cm³/mol. The van der Waals surface area contributed by atoms with Gasteiger partial charge in [0.05, 0.1) is 18.4 Å². The number of hydrogen-bond acceptors (Lipinski definition) is 6. The van der Waals surface area contributed by atoms with Crippen LogP contribution >= 0.6 is 11.8 Å². The minimum absolute atomic E-state index is 0.00705. The first kappa shape index (κ1) is 17.8. The van der Waals surface area contributed by atoms with E-state index in [1.165, 1.54) is 43.9 Å². The Kier molecular flexibility index (Phi) is 6.33. The molecule has 6 nitrogen and oxygen atoms in total. The van der Waals surface area contributed by atoms with Gasteiger partial charge in [-0.05, 0) is 30.9 Å². The molecule has 0 saturated heterocycles. The quantitative estimate of drug-likeness (QED) is 0.760. The van der Waals surface area contributed by atoms with Crippen molar-refractivity contribution in [2.75, 3.05) is 19.4 Å². The van der Waals surface area contributed by atoms with Crippen molar-refractivity contribution in [1.29, 1.82) is 0 Å². The third-order valence-corrected chi connectivity index (χ3v) is 5.20. The summed E-state index contributed by atoms with van der Waals surface area (Å²) in [5.74, 6) is 1.98. The van der Waals surface area contributed by atoms with E-state index in [1.807, 2.05) is 24.3 Å². The molecule has 1 aliphatic carbocycles. The largest absolute Gasteiger partial charge is 0.496 e. The smallest absolute Gasteiger partial charge is 0.277 e. The molecule has 1 N–H and O–H groups in total. The fourth-order valence-corrected chi connectivity index (χ4v) is 3.62. The van der Waals surface area contributed by atoms with Gasteiger partial charge in [0.25, 0.3) is 11.1 Å². The molecule has 1 aliphatic rings. The minimum atomic E-state index is 0.00705. The molecule has 0 atom stereocenters. The van der Waals surface area contributed by atoms with Crippen LogP contribution in [0.25, 0.3) is 11.5 Å². The van der Waals surface area contributed by atoms with Gasteiger partial charge in [-0.3, -0.25) is 4.79 Å². The van der Waals surface area contributed by atoms with Gasteiger partial charge in [-0.2, -0.15) is 0 Å². The lowest BCUT2D eigenvalue weighted by atomic mass is 9.89. The number of para-hydroxylation sites is 1. The number of thioether (sulfide) groups is 1. The number of methoxy groups -OCH3 is 1. The number of amides is 1. The molecule has 1 aromatic carbocycles. The molecule has 3 rings (SSSR count). The van der Waals surface area contributed by atoms with Crippen molar-refractivity contribution in [2.24, 2.45) is 5.92 Å². The zero-order chi connectivity index (χ0) is 17.5. The van der Waals surface area contributed by atoms with E-state index in [2.05, 4.69) is 15.5 Å². The van der Waals surface area contributed by atoms with E-state index >= 15 is 0 Å². The van der Waals surface area contributed by atoms with Crippen molar-refractivity contribution in [1.82, 2.24) is 15.5 Å². The monoisotopic (exact) mass is 361 g/mol. The molecule has 0 bridgehead atoms. The molecule has 1 amide bonds. The molecular formula is C18H23N3O3S. The van der Waals surface area contributed by atoms with E-state index < -0.39 is 0 Å². The zero-order valence-corrected chi connectivity index (χ0v) is 15.2. The molecule has 1 aromatic heterocycles. The lowest BCUT2D eigenvalue weighted by Crippen LogP contribution is -2.31. The van der Waals surface area contributed by atoms with Gasteiger partial charge >= 0.3 is 0 Å². The summed E-state index contributed by atoms with van der Waals surface area (Å²) in [7, 11) is 1.60. The van der Waals surface area contributed by atoms with Gasteiger partial charge in [0, 0.05) is 6.54 Å². The third-order valence-electron chi connectivity index (χ3n) is 4.38. The van der Waals surface area contributed by atoms with Gasteiger partial charge in [-0.15, -0.1) is 10.2 Å². The van der Waals surface area contributed by atoms with Gasteiger partial charge in [0.2, 0.25) is 5.91 Å². The Labute approximate surface area is 151 Å². The van der Waals surface area contributed by atoms with E-state index in [0.717, 1.165) is 12.1 Å². The van der Waals surface area contributed by atoms with E-state index in [1.54, 1.807) is 7.11 Å². The summed E-state index contributed by atoms with van der Waals surface area (Å²) in [6.45, 7) is 0.774. The maximum absolute atomic E-state index is 12.0. The highest BCUT2D eigenvalue weighted by molar-refractivity contribution is 7.99. The summed E-state index contributed by atoms with van der Waals surface area (Å²) >= 11 is 1.25. The van der Waals surface area contributed by atoms with Crippen LogP contribution in [0.3, 0.4) is 0 Å². The van der Waals surface area contributed by atoms with E-state index in [4.69, 9.17) is 9.15 Å². The van der Waals surface area contributed by atoms with Crippen LogP contribution in [0.5, 0.6) is 5.75 Å². The van der Waals surface area contributed by atoms with Crippen molar-refractivity contribution in [3.63, 3.8) is 0 Å². The Morgan fingerprint density at radius 3 is 2.88 bits per heavy atom. The van der Waals surface area contributed by atoms with Crippen LogP contribution in [0.4, 0.5) is 0 Å². The number of carbonyl (C=O) groups is 1. The zero-order valence-electron chi connectivity index (χ0n) is 14.4. The fourth-order valence-electron chi connectivity index (χ4n) is 3.03. The summed E-state index contributed by atoms with van der Waals surface area (Å²) in [5.41, 5.74) is 0.742. The lowest BCUT2D eigenvalue weighted by molar-refractivity contribution is -0.118. The normalized spacial score (nSPS) is 15.1. The summed E-state index contributed by atoms with van der Waals surface area (Å²) in [6, 6.07) is 7.46. The second-order valence-corrected chi connectivity index (χ2v) is 7.10. The second-order valence-electron chi connectivity index (χ2n) is 6.17. The number of nitrogens with one attached hydrogen (secondary N) is 1. The summed E-state index contributed by atoms with van der Waals surface area (Å²) in [6.07, 6.45) is 6.33. The average molecular weight is 361 g/mol. The molecule has 134 valence electrons. The maximum atomic E-state index is 12.0. The van der Waals surface area contributed by atoms with Crippen molar-refractivity contribution < 1.29 is 13.9 Å². The molecule has 0 unspecified atom stereocenters. The second kappa shape index (κ2) is 8.89. The number of aromatic nitrogens is 2. The highest BCUT2D eigenvalue weighted by Gasteiger charge is 2.16.